The van der Waals surface area contributed by atoms with Crippen molar-refractivity contribution in [1.82, 2.24) is 4.72 Å². The van der Waals surface area contributed by atoms with E-state index in [1.807, 2.05) is 20.8 Å². The fourth-order valence-electron chi connectivity index (χ4n) is 2.24. The van der Waals surface area contributed by atoms with Gasteiger partial charge in [-0.15, -0.1) is 11.6 Å². The van der Waals surface area contributed by atoms with Gasteiger partial charge in [0.2, 0.25) is 10.0 Å². The number of halogens is 1. The molecule has 8 heteroatoms. The normalized spacial score (nSPS) is 22.6. The van der Waals surface area contributed by atoms with Crippen LogP contribution in [0.4, 0.5) is 0 Å². The van der Waals surface area contributed by atoms with Crippen molar-refractivity contribution >= 4 is 31.5 Å². The monoisotopic (exact) mass is 345 g/mol. The summed E-state index contributed by atoms with van der Waals surface area (Å²) in [5, 5.41) is -0.887. The molecule has 1 saturated heterocycles. The van der Waals surface area contributed by atoms with Crippen molar-refractivity contribution < 1.29 is 16.8 Å². The summed E-state index contributed by atoms with van der Waals surface area (Å²) in [6.45, 7) is 6.32. The van der Waals surface area contributed by atoms with Crippen LogP contribution in [-0.2, 0) is 19.9 Å². The maximum absolute atomic E-state index is 12.1. The molecule has 1 heterocycles. The lowest BCUT2D eigenvalue weighted by Crippen LogP contribution is -2.42. The molecule has 1 atom stereocenters. The highest BCUT2D eigenvalue weighted by molar-refractivity contribution is 7.92. The zero-order chi connectivity index (χ0) is 15.6. The summed E-state index contributed by atoms with van der Waals surface area (Å²) in [5.74, 6) is -0.101. The number of alkyl halides is 1. The molecule has 0 aromatic carbocycles. The molecule has 0 bridgehead atoms. The quantitative estimate of drug-likeness (QED) is 0.766. The molecule has 0 aromatic heterocycles. The van der Waals surface area contributed by atoms with Gasteiger partial charge in [0, 0.05) is 11.9 Å². The minimum Gasteiger partial charge on any atom is -0.229 e. The minimum absolute atomic E-state index is 0.0385. The van der Waals surface area contributed by atoms with Crippen LogP contribution in [0.3, 0.4) is 0 Å². The van der Waals surface area contributed by atoms with Gasteiger partial charge < -0.3 is 0 Å². The SMILES string of the molecule is CC(C)(C)CC(Cl)CNS(=O)(=O)C1CCS(=O)(=O)CC1. The standard InChI is InChI=1S/C12H24ClNO4S2/c1-12(2,3)8-10(13)9-14-20(17,18)11-4-6-19(15,16)7-5-11/h10-11,14H,4-9H2,1-3H3. The first-order valence-corrected chi connectivity index (χ1v) is 10.5. The first-order chi connectivity index (χ1) is 8.91. The highest BCUT2D eigenvalue weighted by Crippen LogP contribution is 2.24. The molecule has 0 amide bonds. The van der Waals surface area contributed by atoms with Crippen LogP contribution >= 0.6 is 11.6 Å². The molecule has 0 aliphatic carbocycles. The van der Waals surface area contributed by atoms with Crippen molar-refractivity contribution in [3.63, 3.8) is 0 Å². The fourth-order valence-corrected chi connectivity index (χ4v) is 6.19. The van der Waals surface area contributed by atoms with E-state index in [1.165, 1.54) is 0 Å². The molecule has 0 aromatic rings. The molecule has 0 saturated carbocycles. The highest BCUT2D eigenvalue weighted by atomic mass is 35.5. The molecular formula is C12H24ClNO4S2. The largest absolute Gasteiger partial charge is 0.229 e. The zero-order valence-corrected chi connectivity index (χ0v) is 14.6. The Morgan fingerprint density at radius 3 is 2.20 bits per heavy atom. The van der Waals surface area contributed by atoms with E-state index in [0.717, 1.165) is 0 Å². The van der Waals surface area contributed by atoms with Gasteiger partial charge >= 0.3 is 0 Å². The van der Waals surface area contributed by atoms with Crippen LogP contribution < -0.4 is 4.72 Å². The Kier molecular flexibility index (Phi) is 5.92. The third-order valence-electron chi connectivity index (χ3n) is 3.28. The summed E-state index contributed by atoms with van der Waals surface area (Å²) < 4.78 is 49.3. The summed E-state index contributed by atoms with van der Waals surface area (Å²) in [7, 11) is -6.53. The van der Waals surface area contributed by atoms with E-state index >= 15 is 0 Å². The highest BCUT2D eigenvalue weighted by Gasteiger charge is 2.33. The van der Waals surface area contributed by atoms with Crippen molar-refractivity contribution in [2.24, 2.45) is 5.41 Å². The van der Waals surface area contributed by atoms with E-state index in [-0.39, 0.29) is 41.7 Å². The second-order valence-electron chi connectivity index (χ2n) is 6.61. The molecular weight excluding hydrogens is 322 g/mol. The van der Waals surface area contributed by atoms with E-state index in [4.69, 9.17) is 11.6 Å². The van der Waals surface area contributed by atoms with Crippen molar-refractivity contribution in [2.75, 3.05) is 18.1 Å². The minimum atomic E-state index is -3.48. The fraction of sp³-hybridized carbons (Fsp3) is 1.00. The Balaban J connectivity index is 2.50. The molecule has 5 nitrogen and oxygen atoms in total. The van der Waals surface area contributed by atoms with Crippen molar-refractivity contribution in [2.45, 2.75) is 50.7 Å². The summed E-state index contributed by atoms with van der Waals surface area (Å²) in [4.78, 5) is 0. The first-order valence-electron chi connectivity index (χ1n) is 6.74. The smallest absolute Gasteiger partial charge is 0.214 e. The van der Waals surface area contributed by atoms with E-state index in [9.17, 15) is 16.8 Å². The van der Waals surface area contributed by atoms with Crippen LogP contribution in [0.15, 0.2) is 0 Å². The van der Waals surface area contributed by atoms with Gasteiger partial charge in [-0.05, 0) is 24.7 Å². The Morgan fingerprint density at radius 2 is 1.75 bits per heavy atom. The molecule has 1 fully saturated rings. The third kappa shape index (κ3) is 6.28. The molecule has 1 unspecified atom stereocenters. The average molecular weight is 346 g/mol. The van der Waals surface area contributed by atoms with Gasteiger partial charge in [0.1, 0.15) is 9.84 Å². The number of hydrogen-bond acceptors (Lipinski definition) is 4. The van der Waals surface area contributed by atoms with Gasteiger partial charge in [-0.3, -0.25) is 0 Å². The topological polar surface area (TPSA) is 80.3 Å². The predicted octanol–water partition coefficient (Wildman–Crippen LogP) is 1.53. The van der Waals surface area contributed by atoms with Crippen LogP contribution in [-0.4, -0.2) is 45.5 Å². The van der Waals surface area contributed by atoms with Gasteiger partial charge in [-0.2, -0.15) is 0 Å². The second-order valence-corrected chi connectivity index (χ2v) is 11.6. The van der Waals surface area contributed by atoms with Gasteiger partial charge in [-0.1, -0.05) is 20.8 Å². The molecule has 20 heavy (non-hydrogen) atoms. The Bertz CT molecular complexity index is 508. The molecule has 1 aliphatic rings. The van der Waals surface area contributed by atoms with E-state index in [0.29, 0.717) is 6.42 Å². The lowest BCUT2D eigenvalue weighted by molar-refractivity contribution is 0.369. The maximum atomic E-state index is 12.1. The summed E-state index contributed by atoms with van der Waals surface area (Å²) in [6, 6.07) is 0. The van der Waals surface area contributed by atoms with E-state index in [1.54, 1.807) is 0 Å². The average Bonchev–Trinajstić information content (AvgIpc) is 2.23. The summed E-state index contributed by atoms with van der Waals surface area (Å²) in [5.41, 5.74) is 0.0385. The molecule has 1 aliphatic heterocycles. The number of sulfonamides is 1. The summed E-state index contributed by atoms with van der Waals surface area (Å²) >= 11 is 6.13. The molecule has 1 N–H and O–H groups in total. The number of sulfone groups is 1. The van der Waals surface area contributed by atoms with Gasteiger partial charge in [0.25, 0.3) is 0 Å². The Morgan fingerprint density at radius 1 is 1.25 bits per heavy atom. The first kappa shape index (κ1) is 18.2. The zero-order valence-electron chi connectivity index (χ0n) is 12.2. The van der Waals surface area contributed by atoms with Crippen LogP contribution in [0.5, 0.6) is 0 Å². The van der Waals surface area contributed by atoms with Crippen LogP contribution in [0.1, 0.15) is 40.0 Å². The lowest BCUT2D eigenvalue weighted by atomic mass is 9.90. The van der Waals surface area contributed by atoms with Crippen LogP contribution in [0, 0.1) is 5.41 Å². The predicted molar refractivity (Wildman–Crippen MR) is 82.3 cm³/mol. The lowest BCUT2D eigenvalue weighted by Gasteiger charge is -2.25. The van der Waals surface area contributed by atoms with E-state index < -0.39 is 25.1 Å². The number of hydrogen-bond donors (Lipinski definition) is 1. The Labute approximate surface area is 127 Å². The molecule has 0 spiro atoms. The van der Waals surface area contributed by atoms with Gasteiger partial charge in [0.15, 0.2) is 0 Å². The number of nitrogens with one attached hydrogen (secondary N) is 1. The van der Waals surface area contributed by atoms with Gasteiger partial charge in [0.05, 0.1) is 16.8 Å². The number of rotatable bonds is 5. The van der Waals surface area contributed by atoms with Crippen molar-refractivity contribution in [3.8, 4) is 0 Å². The van der Waals surface area contributed by atoms with E-state index in [2.05, 4.69) is 4.72 Å². The van der Waals surface area contributed by atoms with Crippen molar-refractivity contribution in [3.05, 3.63) is 0 Å². The second kappa shape index (κ2) is 6.50. The van der Waals surface area contributed by atoms with Crippen LogP contribution in [0.2, 0.25) is 0 Å². The molecule has 120 valence electrons. The summed E-state index contributed by atoms with van der Waals surface area (Å²) in [6.07, 6.45) is 1.05. The molecule has 0 radical (unpaired) electrons. The Hall–Kier alpha value is 0.150. The van der Waals surface area contributed by atoms with Crippen molar-refractivity contribution in [1.29, 1.82) is 0 Å². The third-order valence-corrected chi connectivity index (χ3v) is 7.22. The molecule has 1 rings (SSSR count). The van der Waals surface area contributed by atoms with Crippen LogP contribution in [0.25, 0.3) is 0 Å². The maximum Gasteiger partial charge on any atom is 0.214 e. The van der Waals surface area contributed by atoms with Gasteiger partial charge in [-0.25, -0.2) is 21.6 Å².